The van der Waals surface area contributed by atoms with Crippen molar-refractivity contribution in [3.63, 3.8) is 0 Å². The first-order valence-electron chi connectivity index (χ1n) is 29.7. The van der Waals surface area contributed by atoms with E-state index in [2.05, 4.69) is 322 Å². The van der Waals surface area contributed by atoms with Crippen molar-refractivity contribution >= 4 is 105 Å². The van der Waals surface area contributed by atoms with Gasteiger partial charge in [0.25, 0.3) is 0 Å². The van der Waals surface area contributed by atoms with E-state index in [4.69, 9.17) is 0 Å². The fourth-order valence-corrected chi connectivity index (χ4v) is 15.2. The van der Waals surface area contributed by atoms with Crippen LogP contribution in [0.25, 0.3) is 98.8 Å². The Morgan fingerprint density at radius 2 is 0.729 bits per heavy atom. The van der Waals surface area contributed by atoms with Gasteiger partial charge in [0.05, 0.1) is 27.5 Å². The molecule has 3 aliphatic carbocycles. The summed E-state index contributed by atoms with van der Waals surface area (Å²) < 4.78 is 4.83. The SMILES string of the molecule is C1=CC(n2c3ccccc3c3cc(N(c4ccccc4)c4ccc5c6c(ccc5c4)-c4ccc5cc(N(c7ccccc7)c7ccc8c(c7)c7ccccc7n8-c7ccccc7)ccc5c4C64c5ccccc5-c5ccccc54)ccc32)=CCC1. The lowest BCUT2D eigenvalue weighted by Crippen LogP contribution is -2.26. The highest BCUT2D eigenvalue weighted by molar-refractivity contribution is 6.14. The minimum absolute atomic E-state index is 0.599. The molecule has 0 radical (unpaired) electrons. The molecule has 0 amide bonds. The number of nitrogens with zero attached hydrogens (tertiary/aromatic N) is 4. The molecule has 0 atom stereocenters. The fourth-order valence-electron chi connectivity index (χ4n) is 15.2. The van der Waals surface area contributed by atoms with E-state index < -0.39 is 5.41 Å². The second-order valence-electron chi connectivity index (χ2n) is 23.0. The number of hydrogen-bond acceptors (Lipinski definition) is 2. The molecule has 0 aliphatic heterocycles. The van der Waals surface area contributed by atoms with Gasteiger partial charge in [-0.15, -0.1) is 0 Å². The highest BCUT2D eigenvalue weighted by Gasteiger charge is 2.53. The van der Waals surface area contributed by atoms with Gasteiger partial charge in [-0.2, -0.15) is 0 Å². The van der Waals surface area contributed by atoms with Gasteiger partial charge in [-0.05, 0) is 194 Å². The van der Waals surface area contributed by atoms with Gasteiger partial charge in [-0.25, -0.2) is 0 Å². The summed E-state index contributed by atoms with van der Waals surface area (Å²) in [5, 5.41) is 9.85. The number of allylic oxidation sites excluding steroid dienone is 4. The van der Waals surface area contributed by atoms with Crippen LogP contribution in [0.5, 0.6) is 0 Å². The minimum Gasteiger partial charge on any atom is -0.310 e. The Kier molecular flexibility index (Phi) is 10.4. The number of para-hydroxylation sites is 5. The topological polar surface area (TPSA) is 16.3 Å². The van der Waals surface area contributed by atoms with Crippen LogP contribution in [0.1, 0.15) is 35.1 Å². The number of rotatable bonds is 8. The lowest BCUT2D eigenvalue weighted by molar-refractivity contribution is 0.809. The summed E-state index contributed by atoms with van der Waals surface area (Å²) in [6, 6.07) is 107. The molecule has 0 fully saturated rings. The second-order valence-corrected chi connectivity index (χ2v) is 23.0. The number of aromatic nitrogens is 2. The molecule has 0 saturated carbocycles. The molecule has 1 spiro atoms. The first kappa shape index (κ1) is 47.7. The van der Waals surface area contributed by atoms with Gasteiger partial charge in [-0.3, -0.25) is 0 Å². The summed E-state index contributed by atoms with van der Waals surface area (Å²) in [6.45, 7) is 0. The van der Waals surface area contributed by atoms with Crippen molar-refractivity contribution in [2.45, 2.75) is 18.3 Å². The summed E-state index contributed by atoms with van der Waals surface area (Å²) in [5.41, 5.74) is 23.8. The zero-order chi connectivity index (χ0) is 55.7. The molecule has 13 aromatic carbocycles. The van der Waals surface area contributed by atoms with Crippen LogP contribution in [0.15, 0.2) is 303 Å². The van der Waals surface area contributed by atoms with Crippen molar-refractivity contribution in [3.05, 3.63) is 326 Å². The van der Waals surface area contributed by atoms with E-state index in [0.717, 1.165) is 52.7 Å². The van der Waals surface area contributed by atoms with E-state index in [9.17, 15) is 0 Å². The molecular formula is C81H54N4. The number of hydrogen-bond donors (Lipinski definition) is 0. The van der Waals surface area contributed by atoms with Gasteiger partial charge in [0.15, 0.2) is 0 Å². The Morgan fingerprint density at radius 1 is 0.294 bits per heavy atom. The third-order valence-electron chi connectivity index (χ3n) is 18.6. The van der Waals surface area contributed by atoms with Gasteiger partial charge in [0.1, 0.15) is 0 Å². The number of fused-ring (bicyclic) bond motifs is 20. The third-order valence-corrected chi connectivity index (χ3v) is 18.6. The summed E-state index contributed by atoms with van der Waals surface area (Å²) in [6.07, 6.45) is 9.08. The maximum Gasteiger partial charge on any atom is 0.0737 e. The van der Waals surface area contributed by atoms with Crippen molar-refractivity contribution in [1.82, 2.24) is 9.13 Å². The smallest absolute Gasteiger partial charge is 0.0737 e. The lowest BCUT2D eigenvalue weighted by atomic mass is 9.68. The molecular weight excluding hydrogens is 1030 g/mol. The van der Waals surface area contributed by atoms with Crippen molar-refractivity contribution in [1.29, 1.82) is 0 Å². The first-order valence-corrected chi connectivity index (χ1v) is 29.7. The van der Waals surface area contributed by atoms with E-state index in [1.54, 1.807) is 0 Å². The Balaban J connectivity index is 0.821. The summed E-state index contributed by atoms with van der Waals surface area (Å²) in [7, 11) is 0. The molecule has 0 saturated heterocycles. The molecule has 18 rings (SSSR count). The number of benzene rings is 13. The summed E-state index contributed by atoms with van der Waals surface area (Å²) in [5.74, 6) is 0. The van der Waals surface area contributed by atoms with Crippen molar-refractivity contribution in [2.24, 2.45) is 0 Å². The van der Waals surface area contributed by atoms with E-state index in [1.807, 2.05) is 0 Å². The molecule has 2 heterocycles. The van der Waals surface area contributed by atoms with E-state index in [-0.39, 0.29) is 0 Å². The second kappa shape index (κ2) is 18.5. The van der Waals surface area contributed by atoms with Crippen LogP contribution in [0.3, 0.4) is 0 Å². The zero-order valence-electron chi connectivity index (χ0n) is 46.6. The Hall–Kier alpha value is -10.9. The highest BCUT2D eigenvalue weighted by atomic mass is 15.1. The highest BCUT2D eigenvalue weighted by Crippen LogP contribution is 2.65. The maximum absolute atomic E-state index is 2.44. The minimum atomic E-state index is -0.599. The number of anilines is 6. The van der Waals surface area contributed by atoms with Gasteiger partial charge >= 0.3 is 0 Å². The quantitative estimate of drug-likeness (QED) is 0.151. The van der Waals surface area contributed by atoms with E-state index in [1.165, 1.54) is 115 Å². The van der Waals surface area contributed by atoms with Crippen LogP contribution >= 0.6 is 0 Å². The zero-order valence-corrected chi connectivity index (χ0v) is 46.6. The molecule has 2 aromatic heterocycles. The van der Waals surface area contributed by atoms with Crippen LogP contribution in [-0.4, -0.2) is 9.13 Å². The van der Waals surface area contributed by atoms with Gasteiger partial charge in [-0.1, -0.05) is 188 Å². The molecule has 0 unspecified atom stereocenters. The maximum atomic E-state index is 2.44. The van der Waals surface area contributed by atoms with E-state index in [0.29, 0.717) is 0 Å². The fraction of sp³-hybridized carbons (Fsp3) is 0.0370. The Bertz CT molecular complexity index is 5270. The predicted molar refractivity (Wildman–Crippen MR) is 357 cm³/mol. The lowest BCUT2D eigenvalue weighted by Gasteiger charge is -2.33. The van der Waals surface area contributed by atoms with Gasteiger partial charge in [0, 0.05) is 67.1 Å². The summed E-state index contributed by atoms with van der Waals surface area (Å²) >= 11 is 0. The van der Waals surface area contributed by atoms with Crippen LogP contribution in [-0.2, 0) is 5.41 Å². The third kappa shape index (κ3) is 6.91. The van der Waals surface area contributed by atoms with Crippen LogP contribution in [0, 0.1) is 0 Å². The van der Waals surface area contributed by atoms with Gasteiger partial charge < -0.3 is 18.9 Å². The average Bonchev–Trinajstić information content (AvgIpc) is 1.52. The Labute approximate surface area is 492 Å². The monoisotopic (exact) mass is 1080 g/mol. The standard InChI is InChI=1S/C81H54N4/c1-5-21-55(22-6-1)82(61-41-47-77-71(51-61)67-31-15-19-35-75(67)84(77)57-25-9-3-10-26-57)59-39-45-63-53(49-59)37-43-69-70-44-38-54-50-60(40-46-64(54)80(70)81(79(63)69)73-33-17-13-29-65(73)66-30-14-18-34-74(66)81)83(56-23-7-2-8-24-56)62-42-48-78-72(52-62)68-32-16-20-36-76(68)85(78)58-27-11-4-12-28-58/h1-3,5-11,13-52H,4,12H2. The molecule has 0 N–H and O–H groups in total. The normalized spacial score (nSPS) is 13.7. The van der Waals surface area contributed by atoms with Crippen LogP contribution in [0.4, 0.5) is 34.1 Å². The molecule has 3 aliphatic rings. The molecule has 0 bridgehead atoms. The summed E-state index contributed by atoms with van der Waals surface area (Å²) in [4.78, 5) is 4.87. The predicted octanol–water partition coefficient (Wildman–Crippen LogP) is 21.7. The first-order chi connectivity index (χ1) is 42.2. The van der Waals surface area contributed by atoms with Gasteiger partial charge in [0.2, 0.25) is 0 Å². The average molecular weight is 1080 g/mol. The molecule has 85 heavy (non-hydrogen) atoms. The Morgan fingerprint density at radius 3 is 1.26 bits per heavy atom. The molecule has 15 aromatic rings. The largest absolute Gasteiger partial charge is 0.310 e. The van der Waals surface area contributed by atoms with Crippen LogP contribution in [0.2, 0.25) is 0 Å². The molecule has 398 valence electrons. The molecule has 4 nitrogen and oxygen atoms in total. The van der Waals surface area contributed by atoms with E-state index >= 15 is 0 Å². The van der Waals surface area contributed by atoms with Crippen molar-refractivity contribution in [2.75, 3.05) is 9.80 Å². The van der Waals surface area contributed by atoms with Crippen molar-refractivity contribution in [3.8, 4) is 27.9 Å². The molecule has 4 heteroatoms. The van der Waals surface area contributed by atoms with Crippen LogP contribution < -0.4 is 9.80 Å². The van der Waals surface area contributed by atoms with Crippen molar-refractivity contribution < 1.29 is 0 Å².